The van der Waals surface area contributed by atoms with Gasteiger partial charge in [-0.25, -0.2) is 0 Å². The van der Waals surface area contributed by atoms with E-state index in [-0.39, 0.29) is 0 Å². The van der Waals surface area contributed by atoms with E-state index in [1.807, 2.05) is 0 Å². The summed E-state index contributed by atoms with van der Waals surface area (Å²) in [5.74, 6) is 0. The Bertz CT molecular complexity index is 721. The van der Waals surface area contributed by atoms with E-state index in [0.29, 0.717) is 0 Å². The van der Waals surface area contributed by atoms with Crippen molar-refractivity contribution in [2.45, 2.75) is 27.2 Å². The van der Waals surface area contributed by atoms with Crippen molar-refractivity contribution in [3.05, 3.63) is 53.1 Å². The van der Waals surface area contributed by atoms with Gasteiger partial charge in [-0.1, -0.05) is 49.2 Å². The van der Waals surface area contributed by atoms with Gasteiger partial charge >= 0.3 is 0 Å². The van der Waals surface area contributed by atoms with Crippen LogP contribution in [0.25, 0.3) is 21.5 Å². The second-order valence-corrected chi connectivity index (χ2v) is 4.91. The largest absolute Gasteiger partial charge is 0.120 e. The van der Waals surface area contributed by atoms with E-state index in [1.54, 1.807) is 0 Å². The van der Waals surface area contributed by atoms with Crippen LogP contribution in [0.15, 0.2) is 36.4 Å². The summed E-state index contributed by atoms with van der Waals surface area (Å²) in [6.07, 6.45) is 1.11. The Hall–Kier alpha value is -9.69. The fourth-order valence-corrected chi connectivity index (χ4v) is 2.70. The standard InChI is InChI=1S/C17H17.8Rf/c1-4-13-6-8-15-14-7-5-11(2)9-16(14)12(3)17(15)10-13;;;;;;;;/h5-10H,4H2,1-3H3;;;;;;;;/q-1;;;;;;;;. The molecule has 0 heterocycles. The fraction of sp³-hybridized carbons (Fsp3) is 0.235. The summed E-state index contributed by atoms with van der Waals surface area (Å²) in [6.45, 7) is 6.61. The molecular weight excluding hydrogens is 2340 g/mol. The van der Waals surface area contributed by atoms with Crippen molar-refractivity contribution in [1.29, 1.82) is 0 Å². The molecule has 0 radical (unpaired) electrons. The fourth-order valence-electron chi connectivity index (χ4n) is 2.70. The third kappa shape index (κ3) is 2.36. The molecule has 0 spiro atoms. The summed E-state index contributed by atoms with van der Waals surface area (Å²) in [7, 11) is 0. The monoisotopic (exact) mass is 2360 g/mol. The van der Waals surface area contributed by atoms with Crippen LogP contribution in [0, 0.1) is 13.8 Å². The number of hydrogen-bond donors (Lipinski definition) is 0. The van der Waals surface area contributed by atoms with E-state index in [1.165, 1.54) is 38.2 Å². The first-order chi connectivity index (χ1) is 8.20. The molecule has 25 heavy (non-hydrogen) atoms. The second kappa shape index (κ2) is 7.56. The number of aryl methyl sites for hydroxylation is 3. The zero-order chi connectivity index (χ0) is 12.0. The van der Waals surface area contributed by atoms with Gasteiger partial charge < -0.3 is 0 Å². The third-order valence-corrected chi connectivity index (χ3v) is 3.77. The van der Waals surface area contributed by atoms with Crippen molar-refractivity contribution in [3.63, 3.8) is 0 Å². The van der Waals surface area contributed by atoms with Gasteiger partial charge in [-0.15, -0.1) is 39.2 Å². The molecule has 0 unspecified atom stereocenters. The third-order valence-electron chi connectivity index (χ3n) is 3.77. The average Bonchev–Trinajstić information content (AvgIpc) is 2.62. The molecule has 0 nitrogen and oxygen atoms in total. The Kier molecular flexibility index (Phi) is 10.9. The Morgan fingerprint density at radius 1 is 0.680 bits per heavy atom. The predicted octanol–water partition coefficient (Wildman–Crippen LogP) is 4.89. The maximum absolute atomic E-state index is 2.35. The van der Waals surface area contributed by atoms with Gasteiger partial charge in [0.1, 0.15) is 0 Å². The molecule has 102 valence electrons. The van der Waals surface area contributed by atoms with Crippen LogP contribution >= 0.6 is 0 Å². The average molecular weight is 2360 g/mol. The van der Waals surface area contributed by atoms with Crippen molar-refractivity contribution < 1.29 is 0 Å². The van der Waals surface area contributed by atoms with Crippen LogP contribution in [-0.4, -0.2) is 0 Å². The molecule has 0 bridgehead atoms. The molecule has 0 aromatic heterocycles. The second-order valence-electron chi connectivity index (χ2n) is 4.91. The van der Waals surface area contributed by atoms with Gasteiger partial charge in [0.05, 0.1) is 0 Å². The van der Waals surface area contributed by atoms with Crippen molar-refractivity contribution >= 4 is 21.5 Å². The molecule has 0 saturated carbocycles. The van der Waals surface area contributed by atoms with Crippen LogP contribution in [0.4, 0.5) is 0 Å². The van der Waals surface area contributed by atoms with Gasteiger partial charge in [0, 0.05) is 0 Å². The zero-order valence-corrected chi connectivity index (χ0v) is 67.5. The first kappa shape index (κ1) is 36.2. The summed E-state index contributed by atoms with van der Waals surface area (Å²) in [5.41, 5.74) is 4.19. The zero-order valence-electron chi connectivity index (χ0n) is 16.3. The number of rotatable bonds is 1. The van der Waals surface area contributed by atoms with Crippen LogP contribution < -0.4 is 0 Å². The summed E-state index contributed by atoms with van der Waals surface area (Å²) in [4.78, 5) is 0. The minimum absolute atomic E-state index is 0. The van der Waals surface area contributed by atoms with Crippen molar-refractivity contribution in [1.82, 2.24) is 0 Å². The molecule has 3 aromatic rings. The Balaban J connectivity index is -0.000000113. The molecule has 0 aliphatic rings. The molecule has 3 aromatic carbocycles. The Morgan fingerprint density at radius 2 is 1.12 bits per heavy atom. The van der Waals surface area contributed by atoms with E-state index in [2.05, 4.69) is 57.2 Å². The first-order valence-electron chi connectivity index (χ1n) is 6.29. The Labute approximate surface area is 102 Å². The van der Waals surface area contributed by atoms with Gasteiger partial charge in [0.25, 0.3) is 0 Å². The normalized spacial score (nSPS) is 7.80. The first-order valence-corrected chi connectivity index (χ1v) is 6.29. The van der Waals surface area contributed by atoms with Crippen molar-refractivity contribution in [2.75, 3.05) is 0 Å². The molecule has 0 atom stereocenters. The van der Waals surface area contributed by atoms with Crippen molar-refractivity contribution in [3.8, 4) is 0 Å². The molecular formula is C17H17Rf8-. The molecule has 3 rings (SSSR count). The van der Waals surface area contributed by atoms with Crippen LogP contribution in [0.1, 0.15) is 23.6 Å². The van der Waals surface area contributed by atoms with E-state index in [0.717, 1.165) is 6.42 Å². The smallest absolute Gasteiger partial charge is 0 e. The predicted molar refractivity (Wildman–Crippen MR) is 75.9 cm³/mol. The summed E-state index contributed by atoms with van der Waals surface area (Å²) < 4.78 is 0. The SMILES string of the molecule is CCc1ccc2c3ccc(C)cc3[c-](C)c2c1.[Rf].[Rf].[Rf].[Rf].[Rf].[Rf].[Rf].[Rf]. The number of benzene rings is 2. The molecule has 0 fully saturated rings. The number of hydrogen-bond acceptors (Lipinski definition) is 0. The topological polar surface area (TPSA) is 0 Å². The van der Waals surface area contributed by atoms with Crippen LogP contribution in [0.5, 0.6) is 0 Å². The van der Waals surface area contributed by atoms with Gasteiger partial charge in [0.15, 0.2) is 0 Å². The summed E-state index contributed by atoms with van der Waals surface area (Å²) in [6, 6.07) is 13.6. The van der Waals surface area contributed by atoms with Crippen LogP contribution in [0.3, 0.4) is 0 Å². The van der Waals surface area contributed by atoms with Crippen molar-refractivity contribution in [2.24, 2.45) is 0 Å². The van der Waals surface area contributed by atoms with E-state index in [4.69, 9.17) is 0 Å². The molecule has 0 aliphatic carbocycles. The van der Waals surface area contributed by atoms with E-state index in [9.17, 15) is 0 Å². The van der Waals surface area contributed by atoms with Gasteiger partial charge in [-0.2, -0.15) is 0 Å². The molecule has 0 aliphatic heterocycles. The van der Waals surface area contributed by atoms with Crippen LogP contribution in [-0.2, 0) is 6.42 Å². The summed E-state index contributed by atoms with van der Waals surface area (Å²) in [5, 5.41) is 5.62. The number of fused-ring (bicyclic) bond motifs is 3. The van der Waals surface area contributed by atoms with E-state index < -0.39 is 0 Å². The summed E-state index contributed by atoms with van der Waals surface area (Å²) >= 11 is 0. The molecule has 0 amide bonds. The molecule has 8 heteroatoms. The van der Waals surface area contributed by atoms with Gasteiger partial charge in [-0.3, -0.25) is 0 Å². The molecule has 0 N–H and O–H groups in total. The van der Waals surface area contributed by atoms with Crippen LogP contribution in [0.2, 0.25) is 0 Å². The van der Waals surface area contributed by atoms with Gasteiger partial charge in [0.2, 0.25) is 0 Å². The quantitative estimate of drug-likeness (QED) is 0.305. The maximum Gasteiger partial charge on any atom is 0 e. The minimum atomic E-state index is 0. The van der Waals surface area contributed by atoms with E-state index >= 15 is 0 Å². The minimum Gasteiger partial charge on any atom is -0.120 e. The maximum atomic E-state index is 2.35. The van der Waals surface area contributed by atoms with Gasteiger partial charge in [-0.05, 0) is 13.3 Å². The Morgan fingerprint density at radius 3 is 1.60 bits per heavy atom. The molecule has 0 saturated heterocycles.